The van der Waals surface area contributed by atoms with E-state index in [-0.39, 0.29) is 32.4 Å². The Morgan fingerprint density at radius 1 is 1.25 bits per heavy atom. The predicted octanol–water partition coefficient (Wildman–Crippen LogP) is 2.25. The first-order valence-corrected chi connectivity index (χ1v) is 11.8. The molecular formula is C24H25N5O7. The van der Waals surface area contributed by atoms with Gasteiger partial charge in [0, 0.05) is 19.3 Å². The van der Waals surface area contributed by atoms with Crippen molar-refractivity contribution in [2.24, 2.45) is 5.92 Å². The minimum atomic E-state index is -1.00. The van der Waals surface area contributed by atoms with E-state index in [4.69, 9.17) is 18.9 Å². The van der Waals surface area contributed by atoms with Crippen LogP contribution in [-0.2, 0) is 4.74 Å². The van der Waals surface area contributed by atoms with Gasteiger partial charge < -0.3 is 39.3 Å². The number of carboxylic acid groups (broad SMARTS) is 1. The van der Waals surface area contributed by atoms with Gasteiger partial charge in [-0.3, -0.25) is 4.79 Å². The van der Waals surface area contributed by atoms with Crippen molar-refractivity contribution in [3.63, 3.8) is 0 Å². The lowest BCUT2D eigenvalue weighted by atomic mass is 10.1. The smallest absolute Gasteiger partial charge is 0.407 e. The van der Waals surface area contributed by atoms with Gasteiger partial charge in [-0.1, -0.05) is 0 Å². The number of amides is 2. The number of H-pyrrole nitrogens is 1. The van der Waals surface area contributed by atoms with Crippen LogP contribution in [0.4, 0.5) is 4.79 Å². The fourth-order valence-corrected chi connectivity index (χ4v) is 4.41. The summed E-state index contributed by atoms with van der Waals surface area (Å²) in [5.41, 5.74) is 2.54. The van der Waals surface area contributed by atoms with E-state index in [1.807, 2.05) is 12.1 Å². The summed E-state index contributed by atoms with van der Waals surface area (Å²) in [5, 5.41) is 12.0. The van der Waals surface area contributed by atoms with Crippen LogP contribution in [0.25, 0.3) is 22.3 Å². The third-order valence-electron chi connectivity index (χ3n) is 6.52. The Kier molecular flexibility index (Phi) is 5.72. The lowest BCUT2D eigenvalue weighted by Crippen LogP contribution is -2.49. The van der Waals surface area contributed by atoms with Crippen LogP contribution in [0.3, 0.4) is 0 Å². The molecule has 12 nitrogen and oxygen atoms in total. The third kappa shape index (κ3) is 4.24. The van der Waals surface area contributed by atoms with E-state index in [1.54, 1.807) is 6.20 Å². The first-order chi connectivity index (χ1) is 17.6. The maximum atomic E-state index is 13.0. The molecule has 4 heterocycles. The molecular weight excluding hydrogens is 470 g/mol. The summed E-state index contributed by atoms with van der Waals surface area (Å²) in [5.74, 6) is 1.98. The molecule has 12 heteroatoms. The van der Waals surface area contributed by atoms with E-state index in [0.717, 1.165) is 12.8 Å². The van der Waals surface area contributed by atoms with Gasteiger partial charge in [-0.15, -0.1) is 0 Å². The van der Waals surface area contributed by atoms with E-state index in [2.05, 4.69) is 20.3 Å². The Hall–Kier alpha value is -4.06. The number of ether oxygens (including phenoxy) is 4. The Morgan fingerprint density at radius 2 is 2.14 bits per heavy atom. The summed E-state index contributed by atoms with van der Waals surface area (Å²) in [6, 6.07) is 3.67. The molecule has 3 N–H and O–H groups in total. The van der Waals surface area contributed by atoms with Gasteiger partial charge >= 0.3 is 6.09 Å². The molecule has 2 aromatic heterocycles. The molecule has 3 aromatic rings. The highest BCUT2D eigenvalue weighted by molar-refractivity contribution is 6.08. The van der Waals surface area contributed by atoms with Crippen molar-refractivity contribution in [2.45, 2.75) is 18.9 Å². The molecule has 0 spiro atoms. The van der Waals surface area contributed by atoms with Gasteiger partial charge in [-0.25, -0.2) is 14.8 Å². The second-order valence-corrected chi connectivity index (χ2v) is 9.01. The van der Waals surface area contributed by atoms with Crippen LogP contribution in [0.5, 0.6) is 17.2 Å². The number of aromatic nitrogens is 3. The zero-order valence-corrected chi connectivity index (χ0v) is 19.4. The van der Waals surface area contributed by atoms with Gasteiger partial charge in [0.15, 0.2) is 11.5 Å². The maximum absolute atomic E-state index is 13.0. The highest BCUT2D eigenvalue weighted by Gasteiger charge is 2.29. The molecule has 188 valence electrons. The molecule has 2 aliphatic heterocycles. The molecule has 1 atom stereocenters. The number of aromatic amines is 1. The van der Waals surface area contributed by atoms with Gasteiger partial charge in [-0.2, -0.15) is 0 Å². The number of nitrogens with zero attached hydrogens (tertiary/aromatic N) is 3. The van der Waals surface area contributed by atoms with Gasteiger partial charge in [0.1, 0.15) is 23.3 Å². The number of morpholine rings is 1. The lowest BCUT2D eigenvalue weighted by Gasteiger charge is -2.30. The van der Waals surface area contributed by atoms with Crippen LogP contribution in [0, 0.1) is 5.92 Å². The summed E-state index contributed by atoms with van der Waals surface area (Å²) < 4.78 is 23.1. The lowest BCUT2D eigenvalue weighted by molar-refractivity contribution is -0.0199. The van der Waals surface area contributed by atoms with Gasteiger partial charge in [-0.05, 0) is 30.9 Å². The number of fused-ring (bicyclic) bond motifs is 2. The predicted molar refractivity (Wildman–Crippen MR) is 125 cm³/mol. The van der Waals surface area contributed by atoms with E-state index < -0.39 is 12.2 Å². The minimum absolute atomic E-state index is 0.101. The van der Waals surface area contributed by atoms with Crippen molar-refractivity contribution >= 4 is 23.0 Å². The summed E-state index contributed by atoms with van der Waals surface area (Å²) in [7, 11) is 0. The molecule has 1 saturated heterocycles. The first-order valence-electron chi connectivity index (χ1n) is 11.8. The van der Waals surface area contributed by atoms with Crippen molar-refractivity contribution in [3.05, 3.63) is 30.2 Å². The van der Waals surface area contributed by atoms with Crippen LogP contribution in [-0.4, -0.2) is 82.7 Å². The molecule has 1 saturated carbocycles. The van der Waals surface area contributed by atoms with Crippen molar-refractivity contribution < 1.29 is 33.6 Å². The highest BCUT2D eigenvalue weighted by Crippen LogP contribution is 2.48. The SMILES string of the molecule is O=C(NCC1CN(C(=O)O)CCO1)c1c[nH]c2c(-c3c(OCC4CC4)ccc4c3OCO4)ncnc12. The second kappa shape index (κ2) is 9.19. The third-order valence-corrected chi connectivity index (χ3v) is 6.52. The molecule has 1 aliphatic carbocycles. The number of hydrogen-bond donors (Lipinski definition) is 3. The molecule has 3 aliphatic rings. The zero-order valence-electron chi connectivity index (χ0n) is 19.4. The number of nitrogens with one attached hydrogen (secondary N) is 2. The molecule has 0 radical (unpaired) electrons. The van der Waals surface area contributed by atoms with E-state index in [9.17, 15) is 14.7 Å². The fourth-order valence-electron chi connectivity index (χ4n) is 4.41. The normalized spacial score (nSPS) is 18.9. The Balaban J connectivity index is 1.27. The maximum Gasteiger partial charge on any atom is 0.407 e. The number of benzene rings is 1. The summed E-state index contributed by atoms with van der Waals surface area (Å²) in [6.07, 6.45) is 3.87. The quantitative estimate of drug-likeness (QED) is 0.449. The summed E-state index contributed by atoms with van der Waals surface area (Å²) >= 11 is 0. The van der Waals surface area contributed by atoms with Crippen molar-refractivity contribution in [2.75, 3.05) is 39.6 Å². The molecule has 1 aromatic carbocycles. The Labute approximate surface area is 205 Å². The first kappa shape index (κ1) is 22.4. The van der Waals surface area contributed by atoms with Crippen LogP contribution in [0.15, 0.2) is 24.7 Å². The molecule has 0 bridgehead atoms. The summed E-state index contributed by atoms with van der Waals surface area (Å²) in [4.78, 5) is 37.5. The summed E-state index contributed by atoms with van der Waals surface area (Å²) in [6.45, 7) is 1.68. The molecule has 36 heavy (non-hydrogen) atoms. The molecule has 6 rings (SSSR count). The van der Waals surface area contributed by atoms with Crippen LogP contribution in [0.1, 0.15) is 23.2 Å². The van der Waals surface area contributed by atoms with E-state index >= 15 is 0 Å². The number of rotatable bonds is 7. The molecule has 1 unspecified atom stereocenters. The standard InChI is InChI=1S/C24H25N5O7/c30-23(26-7-14-9-29(24(31)32)5-6-33-14)15-8-25-21-19(15)27-11-28-20(21)18-16(34-10-13-1-2-13)3-4-17-22(18)36-12-35-17/h3-4,8,11,13-14,25H,1-2,5-7,9-10,12H2,(H,26,30)(H,31,32). The second-order valence-electron chi connectivity index (χ2n) is 9.01. The Bertz CT molecular complexity index is 1320. The largest absolute Gasteiger partial charge is 0.492 e. The number of hydrogen-bond acceptors (Lipinski definition) is 8. The van der Waals surface area contributed by atoms with Crippen molar-refractivity contribution in [1.29, 1.82) is 0 Å². The van der Waals surface area contributed by atoms with E-state index in [0.29, 0.717) is 64.2 Å². The molecule has 2 fully saturated rings. The monoisotopic (exact) mass is 495 g/mol. The minimum Gasteiger partial charge on any atom is -0.492 e. The van der Waals surface area contributed by atoms with Gasteiger partial charge in [0.05, 0.1) is 42.5 Å². The van der Waals surface area contributed by atoms with Crippen LogP contribution < -0.4 is 19.5 Å². The van der Waals surface area contributed by atoms with Crippen LogP contribution >= 0.6 is 0 Å². The molecule has 2 amide bonds. The highest BCUT2D eigenvalue weighted by atomic mass is 16.7. The van der Waals surface area contributed by atoms with Crippen LogP contribution in [0.2, 0.25) is 0 Å². The average molecular weight is 495 g/mol. The van der Waals surface area contributed by atoms with Gasteiger partial charge in [0.2, 0.25) is 6.79 Å². The zero-order chi connectivity index (χ0) is 24.6. The number of carbonyl (C=O) groups is 2. The van der Waals surface area contributed by atoms with Crippen molar-refractivity contribution in [1.82, 2.24) is 25.2 Å². The fraction of sp³-hybridized carbons (Fsp3) is 0.417. The van der Waals surface area contributed by atoms with Crippen molar-refractivity contribution in [3.8, 4) is 28.5 Å². The topological polar surface area (TPSA) is 148 Å². The Morgan fingerprint density at radius 3 is 2.97 bits per heavy atom. The van der Waals surface area contributed by atoms with E-state index in [1.165, 1.54) is 11.2 Å². The number of carbonyl (C=O) groups excluding carboxylic acids is 1. The van der Waals surface area contributed by atoms with Gasteiger partial charge in [0.25, 0.3) is 5.91 Å². The average Bonchev–Trinajstić information content (AvgIpc) is 3.42.